The lowest BCUT2D eigenvalue weighted by molar-refractivity contribution is -0.145. The topological polar surface area (TPSA) is 52.3 Å². The van der Waals surface area contributed by atoms with E-state index >= 15 is 0 Å². The Bertz CT molecular complexity index is 205. The van der Waals surface area contributed by atoms with Crippen LogP contribution in [-0.4, -0.2) is 19.1 Å². The van der Waals surface area contributed by atoms with E-state index in [1.165, 1.54) is 7.11 Å². The fraction of sp³-hybridized carbons (Fsp3) is 0.889. The van der Waals surface area contributed by atoms with E-state index in [1.54, 1.807) is 0 Å². The molecule has 2 aliphatic rings. The van der Waals surface area contributed by atoms with Crippen LogP contribution in [0.3, 0.4) is 0 Å². The predicted molar refractivity (Wildman–Crippen MR) is 44.3 cm³/mol. The standard InChI is InChI=1S/C9H15NO2/c1-12-9(11)6-2-5-4-8(10)7(5)3-6/h5-8H,2-4,10H2,1H3/t5-,6?,7-,8+/m1/s1. The van der Waals surface area contributed by atoms with Crippen LogP contribution < -0.4 is 5.73 Å². The number of ether oxygens (including phenoxy) is 1. The van der Waals surface area contributed by atoms with E-state index in [4.69, 9.17) is 10.5 Å². The first kappa shape index (κ1) is 8.05. The SMILES string of the molecule is COC(=O)C1C[C@@H]2C[C@H](N)[C@@H]2C1. The molecule has 0 spiro atoms. The van der Waals surface area contributed by atoms with Crippen molar-refractivity contribution in [2.24, 2.45) is 23.5 Å². The van der Waals surface area contributed by atoms with Gasteiger partial charge >= 0.3 is 5.97 Å². The highest BCUT2D eigenvalue weighted by molar-refractivity contribution is 5.72. The predicted octanol–water partition coefficient (Wildman–Crippen LogP) is 0.533. The summed E-state index contributed by atoms with van der Waals surface area (Å²) in [4.78, 5) is 11.2. The Morgan fingerprint density at radius 3 is 2.67 bits per heavy atom. The van der Waals surface area contributed by atoms with Gasteiger partial charge in [-0.2, -0.15) is 0 Å². The number of hydrogen-bond donors (Lipinski definition) is 1. The third-order valence-electron chi connectivity index (χ3n) is 3.41. The molecule has 68 valence electrons. The van der Waals surface area contributed by atoms with Crippen LogP contribution in [0, 0.1) is 17.8 Å². The average Bonchev–Trinajstić information content (AvgIpc) is 2.41. The minimum absolute atomic E-state index is 0.0448. The summed E-state index contributed by atoms with van der Waals surface area (Å²) in [6.07, 6.45) is 3.07. The first-order valence-corrected chi connectivity index (χ1v) is 4.55. The zero-order valence-corrected chi connectivity index (χ0v) is 7.32. The molecule has 0 radical (unpaired) electrons. The molecule has 3 nitrogen and oxygen atoms in total. The minimum atomic E-state index is -0.0448. The van der Waals surface area contributed by atoms with Gasteiger partial charge in [-0.1, -0.05) is 0 Å². The third kappa shape index (κ3) is 1.04. The summed E-state index contributed by atoms with van der Waals surface area (Å²) in [6.45, 7) is 0. The number of esters is 1. The normalized spacial score (nSPS) is 44.8. The van der Waals surface area contributed by atoms with Crippen molar-refractivity contribution in [1.29, 1.82) is 0 Å². The molecule has 0 amide bonds. The van der Waals surface area contributed by atoms with Crippen molar-refractivity contribution in [2.45, 2.75) is 25.3 Å². The Balaban J connectivity index is 1.94. The summed E-state index contributed by atoms with van der Waals surface area (Å²) >= 11 is 0. The molecule has 0 bridgehead atoms. The third-order valence-corrected chi connectivity index (χ3v) is 3.41. The molecule has 12 heavy (non-hydrogen) atoms. The molecule has 2 saturated carbocycles. The summed E-state index contributed by atoms with van der Waals surface area (Å²) in [6, 6.07) is 0.352. The Labute approximate surface area is 72.3 Å². The zero-order chi connectivity index (χ0) is 8.72. The van der Waals surface area contributed by atoms with Gasteiger partial charge < -0.3 is 10.5 Å². The molecule has 0 aromatic carbocycles. The molecule has 0 heterocycles. The Hall–Kier alpha value is -0.570. The van der Waals surface area contributed by atoms with Crippen LogP contribution in [0.15, 0.2) is 0 Å². The van der Waals surface area contributed by atoms with Gasteiger partial charge in [0.2, 0.25) is 0 Å². The maximum atomic E-state index is 11.2. The Morgan fingerprint density at radius 1 is 1.42 bits per heavy atom. The molecule has 2 aliphatic carbocycles. The number of fused-ring (bicyclic) bond motifs is 1. The van der Waals surface area contributed by atoms with Gasteiger partial charge in [-0.25, -0.2) is 0 Å². The molecule has 4 atom stereocenters. The first-order chi connectivity index (χ1) is 5.72. The number of carbonyl (C=O) groups is 1. The van der Waals surface area contributed by atoms with Gasteiger partial charge in [0.25, 0.3) is 0 Å². The fourth-order valence-electron chi connectivity index (χ4n) is 2.64. The highest BCUT2D eigenvalue weighted by atomic mass is 16.5. The van der Waals surface area contributed by atoms with Gasteiger partial charge in [0.1, 0.15) is 0 Å². The smallest absolute Gasteiger partial charge is 0.308 e. The van der Waals surface area contributed by atoms with E-state index in [0.717, 1.165) is 19.3 Å². The molecule has 2 N–H and O–H groups in total. The Kier molecular flexibility index (Phi) is 1.83. The van der Waals surface area contributed by atoms with Crippen molar-refractivity contribution in [3.8, 4) is 0 Å². The minimum Gasteiger partial charge on any atom is -0.469 e. The lowest BCUT2D eigenvalue weighted by Gasteiger charge is -2.37. The number of hydrogen-bond acceptors (Lipinski definition) is 3. The van der Waals surface area contributed by atoms with E-state index in [2.05, 4.69) is 0 Å². The highest BCUT2D eigenvalue weighted by Gasteiger charge is 2.48. The molecule has 0 aromatic heterocycles. The van der Waals surface area contributed by atoms with Crippen LogP contribution in [0.25, 0.3) is 0 Å². The second-order valence-corrected chi connectivity index (χ2v) is 4.01. The average molecular weight is 169 g/mol. The lowest BCUT2D eigenvalue weighted by atomic mass is 9.72. The second-order valence-electron chi connectivity index (χ2n) is 4.01. The van der Waals surface area contributed by atoms with Gasteiger partial charge in [-0.05, 0) is 31.1 Å². The maximum absolute atomic E-state index is 11.2. The van der Waals surface area contributed by atoms with Crippen molar-refractivity contribution in [2.75, 3.05) is 7.11 Å². The van der Waals surface area contributed by atoms with Crippen molar-refractivity contribution in [3.05, 3.63) is 0 Å². The van der Waals surface area contributed by atoms with Crippen LogP contribution >= 0.6 is 0 Å². The summed E-state index contributed by atoms with van der Waals surface area (Å²) in [5.74, 6) is 1.41. The number of nitrogens with two attached hydrogens (primary N) is 1. The summed E-state index contributed by atoms with van der Waals surface area (Å²) < 4.78 is 4.71. The van der Waals surface area contributed by atoms with Crippen LogP contribution in [-0.2, 0) is 9.53 Å². The monoisotopic (exact) mass is 169 g/mol. The van der Waals surface area contributed by atoms with E-state index in [0.29, 0.717) is 17.9 Å². The maximum Gasteiger partial charge on any atom is 0.308 e. The van der Waals surface area contributed by atoms with E-state index in [-0.39, 0.29) is 11.9 Å². The fourth-order valence-corrected chi connectivity index (χ4v) is 2.64. The van der Waals surface area contributed by atoms with Crippen molar-refractivity contribution >= 4 is 5.97 Å². The number of rotatable bonds is 1. The summed E-state index contributed by atoms with van der Waals surface area (Å²) in [5, 5.41) is 0. The molecule has 3 heteroatoms. The largest absolute Gasteiger partial charge is 0.469 e. The summed E-state index contributed by atoms with van der Waals surface area (Å²) in [5.41, 5.74) is 5.82. The molecular formula is C9H15NO2. The molecule has 2 rings (SSSR count). The van der Waals surface area contributed by atoms with Gasteiger partial charge in [0, 0.05) is 6.04 Å². The summed E-state index contributed by atoms with van der Waals surface area (Å²) in [7, 11) is 1.46. The molecule has 2 fully saturated rings. The van der Waals surface area contributed by atoms with E-state index in [1.807, 2.05) is 0 Å². The van der Waals surface area contributed by atoms with Crippen molar-refractivity contribution in [1.82, 2.24) is 0 Å². The molecule has 0 aromatic rings. The number of carbonyl (C=O) groups excluding carboxylic acids is 1. The number of methoxy groups -OCH3 is 1. The van der Waals surface area contributed by atoms with Crippen LogP contribution in [0.2, 0.25) is 0 Å². The van der Waals surface area contributed by atoms with E-state index < -0.39 is 0 Å². The first-order valence-electron chi connectivity index (χ1n) is 4.55. The lowest BCUT2D eigenvalue weighted by Crippen LogP contribution is -2.44. The van der Waals surface area contributed by atoms with Gasteiger partial charge in [0.05, 0.1) is 13.0 Å². The van der Waals surface area contributed by atoms with Crippen LogP contribution in [0.5, 0.6) is 0 Å². The second kappa shape index (κ2) is 2.73. The molecule has 0 saturated heterocycles. The molecule has 0 aliphatic heterocycles. The molecule has 1 unspecified atom stereocenters. The van der Waals surface area contributed by atoms with Crippen molar-refractivity contribution < 1.29 is 9.53 Å². The van der Waals surface area contributed by atoms with Gasteiger partial charge in [-0.15, -0.1) is 0 Å². The van der Waals surface area contributed by atoms with Crippen LogP contribution in [0.1, 0.15) is 19.3 Å². The van der Waals surface area contributed by atoms with E-state index in [9.17, 15) is 4.79 Å². The van der Waals surface area contributed by atoms with Crippen LogP contribution in [0.4, 0.5) is 0 Å². The van der Waals surface area contributed by atoms with Gasteiger partial charge in [0.15, 0.2) is 0 Å². The van der Waals surface area contributed by atoms with Crippen molar-refractivity contribution in [3.63, 3.8) is 0 Å². The quantitative estimate of drug-likeness (QED) is 0.583. The Morgan fingerprint density at radius 2 is 2.17 bits per heavy atom. The molecular weight excluding hydrogens is 154 g/mol. The zero-order valence-electron chi connectivity index (χ0n) is 7.32. The highest BCUT2D eigenvalue weighted by Crippen LogP contribution is 2.48. The van der Waals surface area contributed by atoms with Gasteiger partial charge in [-0.3, -0.25) is 4.79 Å².